The van der Waals surface area contributed by atoms with Gasteiger partial charge < -0.3 is 25.0 Å². The summed E-state index contributed by atoms with van der Waals surface area (Å²) in [5, 5.41) is 6.42. The molecule has 0 spiro atoms. The molecule has 1 fully saturated rings. The molecule has 1 aromatic carbocycles. The van der Waals surface area contributed by atoms with Gasteiger partial charge in [0.05, 0.1) is 13.2 Å². The number of hydrogen-bond donors (Lipinski definition) is 2. The van der Waals surface area contributed by atoms with Crippen LogP contribution < -0.4 is 20.1 Å². The molecule has 2 aliphatic heterocycles. The Morgan fingerprint density at radius 1 is 1.11 bits per heavy atom. The van der Waals surface area contributed by atoms with Crippen molar-refractivity contribution < 1.29 is 14.3 Å². The molecule has 2 N–H and O–H groups in total. The Balaban J connectivity index is 0.00000261. The molecule has 0 aliphatic carbocycles. The van der Waals surface area contributed by atoms with E-state index in [1.165, 1.54) is 6.42 Å². The van der Waals surface area contributed by atoms with Gasteiger partial charge in [-0.25, -0.2) is 4.99 Å². The molecule has 7 nitrogen and oxygen atoms in total. The van der Waals surface area contributed by atoms with Crippen molar-refractivity contribution in [2.24, 2.45) is 4.99 Å². The van der Waals surface area contributed by atoms with Crippen molar-refractivity contribution in [1.82, 2.24) is 10.2 Å². The number of aliphatic imine (C=N–C) groups is 1. The molecule has 0 saturated carbocycles. The quantitative estimate of drug-likeness (QED) is 0.388. The van der Waals surface area contributed by atoms with Crippen LogP contribution in [-0.4, -0.2) is 56.2 Å². The van der Waals surface area contributed by atoms with Crippen molar-refractivity contribution in [3.05, 3.63) is 18.2 Å². The molecule has 27 heavy (non-hydrogen) atoms. The minimum absolute atomic E-state index is 0. The van der Waals surface area contributed by atoms with E-state index in [0.29, 0.717) is 25.7 Å². The average Bonchev–Trinajstić information content (AvgIpc) is 2.91. The number of halogens is 1. The van der Waals surface area contributed by atoms with Gasteiger partial charge in [0.2, 0.25) is 5.91 Å². The standard InChI is InChI=1S/C19H28N4O3.HI/c1-2-20-19(21-14-18(24)23-9-4-3-5-10-23)22-15-7-8-16-17(13-15)26-12-6-11-25-16;/h7-8,13H,2-6,9-12,14H2,1H3,(H2,20,21,22);1H. The van der Waals surface area contributed by atoms with Crippen LogP contribution in [0.5, 0.6) is 11.5 Å². The lowest BCUT2D eigenvalue weighted by Gasteiger charge is -2.26. The molecule has 0 unspecified atom stereocenters. The smallest absolute Gasteiger partial charge is 0.244 e. The number of carbonyl (C=O) groups is 1. The van der Waals surface area contributed by atoms with E-state index in [-0.39, 0.29) is 36.4 Å². The number of amides is 1. The van der Waals surface area contributed by atoms with Gasteiger partial charge in [0, 0.05) is 37.8 Å². The Morgan fingerprint density at radius 3 is 2.59 bits per heavy atom. The highest BCUT2D eigenvalue weighted by atomic mass is 127. The molecule has 0 aromatic heterocycles. The summed E-state index contributed by atoms with van der Waals surface area (Å²) in [5.74, 6) is 2.16. The number of ether oxygens (including phenoxy) is 2. The number of guanidine groups is 1. The van der Waals surface area contributed by atoms with Gasteiger partial charge in [-0.1, -0.05) is 0 Å². The maximum atomic E-state index is 12.3. The number of benzene rings is 1. The summed E-state index contributed by atoms with van der Waals surface area (Å²) in [5.41, 5.74) is 0.847. The fraction of sp³-hybridized carbons (Fsp3) is 0.579. The predicted octanol–water partition coefficient (Wildman–Crippen LogP) is 2.86. The summed E-state index contributed by atoms with van der Waals surface area (Å²) in [7, 11) is 0. The van der Waals surface area contributed by atoms with Crippen molar-refractivity contribution in [3.63, 3.8) is 0 Å². The topological polar surface area (TPSA) is 75.2 Å². The van der Waals surface area contributed by atoms with Crippen LogP contribution in [0, 0.1) is 0 Å². The zero-order chi connectivity index (χ0) is 18.2. The Kier molecular flexibility index (Phi) is 8.96. The van der Waals surface area contributed by atoms with Crippen LogP contribution in [0.25, 0.3) is 0 Å². The normalized spacial score (nSPS) is 16.8. The first kappa shape index (κ1) is 21.6. The van der Waals surface area contributed by atoms with Crippen LogP contribution >= 0.6 is 24.0 Å². The fourth-order valence-electron chi connectivity index (χ4n) is 3.07. The van der Waals surface area contributed by atoms with Gasteiger partial charge in [-0.2, -0.15) is 0 Å². The van der Waals surface area contributed by atoms with Crippen molar-refractivity contribution in [2.45, 2.75) is 32.6 Å². The number of likely N-dealkylation sites (tertiary alicyclic amines) is 1. The predicted molar refractivity (Wildman–Crippen MR) is 117 cm³/mol. The Bertz CT molecular complexity index is 648. The minimum Gasteiger partial charge on any atom is -0.490 e. The second-order valence-corrected chi connectivity index (χ2v) is 6.47. The highest BCUT2D eigenvalue weighted by Crippen LogP contribution is 2.32. The van der Waals surface area contributed by atoms with Gasteiger partial charge in [0.25, 0.3) is 0 Å². The maximum absolute atomic E-state index is 12.3. The van der Waals surface area contributed by atoms with Crippen molar-refractivity contribution in [1.29, 1.82) is 0 Å². The molecule has 0 radical (unpaired) electrons. The van der Waals surface area contributed by atoms with Crippen molar-refractivity contribution in [3.8, 4) is 11.5 Å². The molecule has 1 saturated heterocycles. The summed E-state index contributed by atoms with van der Waals surface area (Å²) < 4.78 is 11.4. The van der Waals surface area contributed by atoms with E-state index in [4.69, 9.17) is 9.47 Å². The van der Waals surface area contributed by atoms with E-state index in [2.05, 4.69) is 15.6 Å². The third-order valence-electron chi connectivity index (χ3n) is 4.44. The first-order valence-corrected chi connectivity index (χ1v) is 9.49. The van der Waals surface area contributed by atoms with Crippen LogP contribution in [0.3, 0.4) is 0 Å². The van der Waals surface area contributed by atoms with Gasteiger partial charge in [0.1, 0.15) is 6.54 Å². The lowest BCUT2D eigenvalue weighted by molar-refractivity contribution is -0.130. The number of nitrogens with zero attached hydrogens (tertiary/aromatic N) is 2. The molecule has 150 valence electrons. The van der Waals surface area contributed by atoms with Gasteiger partial charge in [-0.15, -0.1) is 24.0 Å². The van der Waals surface area contributed by atoms with Crippen molar-refractivity contribution >= 4 is 41.5 Å². The summed E-state index contributed by atoms with van der Waals surface area (Å²) in [6, 6.07) is 5.72. The zero-order valence-electron chi connectivity index (χ0n) is 15.8. The molecule has 8 heteroatoms. The van der Waals surface area contributed by atoms with E-state index >= 15 is 0 Å². The SMILES string of the molecule is CCNC(=NCC(=O)N1CCCCC1)Nc1ccc2c(c1)OCCCO2.I. The lowest BCUT2D eigenvalue weighted by Crippen LogP contribution is -2.38. The zero-order valence-corrected chi connectivity index (χ0v) is 18.2. The van der Waals surface area contributed by atoms with Gasteiger partial charge in [-0.3, -0.25) is 4.79 Å². The fourth-order valence-corrected chi connectivity index (χ4v) is 3.07. The summed E-state index contributed by atoms with van der Waals surface area (Å²) in [4.78, 5) is 18.7. The first-order chi connectivity index (χ1) is 12.8. The Morgan fingerprint density at radius 2 is 1.85 bits per heavy atom. The highest BCUT2D eigenvalue weighted by molar-refractivity contribution is 14.0. The van der Waals surface area contributed by atoms with Crippen LogP contribution in [0.2, 0.25) is 0 Å². The third kappa shape index (κ3) is 6.44. The summed E-state index contributed by atoms with van der Waals surface area (Å²) in [6.07, 6.45) is 4.26. The summed E-state index contributed by atoms with van der Waals surface area (Å²) >= 11 is 0. The molecule has 0 bridgehead atoms. The number of anilines is 1. The highest BCUT2D eigenvalue weighted by Gasteiger charge is 2.16. The van der Waals surface area contributed by atoms with Gasteiger partial charge >= 0.3 is 0 Å². The molecule has 1 aromatic rings. The minimum atomic E-state index is 0. The van der Waals surface area contributed by atoms with E-state index < -0.39 is 0 Å². The largest absolute Gasteiger partial charge is 0.490 e. The maximum Gasteiger partial charge on any atom is 0.244 e. The van der Waals surface area contributed by atoms with E-state index in [1.807, 2.05) is 30.0 Å². The van der Waals surface area contributed by atoms with E-state index in [0.717, 1.165) is 49.5 Å². The number of fused-ring (bicyclic) bond motifs is 1. The first-order valence-electron chi connectivity index (χ1n) is 9.49. The number of nitrogens with one attached hydrogen (secondary N) is 2. The Hall–Kier alpha value is -1.71. The molecular weight excluding hydrogens is 459 g/mol. The molecule has 2 aliphatic rings. The van der Waals surface area contributed by atoms with Crippen LogP contribution in [0.4, 0.5) is 5.69 Å². The van der Waals surface area contributed by atoms with Gasteiger partial charge in [-0.05, 0) is 38.3 Å². The summed E-state index contributed by atoms with van der Waals surface area (Å²) in [6.45, 7) is 5.88. The monoisotopic (exact) mass is 488 g/mol. The number of rotatable bonds is 4. The van der Waals surface area contributed by atoms with E-state index in [1.54, 1.807) is 0 Å². The molecule has 1 amide bonds. The molecule has 2 heterocycles. The lowest BCUT2D eigenvalue weighted by atomic mass is 10.1. The number of hydrogen-bond acceptors (Lipinski definition) is 4. The number of piperidine rings is 1. The molecular formula is C19H29IN4O3. The second-order valence-electron chi connectivity index (χ2n) is 6.47. The van der Waals surface area contributed by atoms with Crippen LogP contribution in [0.1, 0.15) is 32.6 Å². The molecule has 0 atom stereocenters. The third-order valence-corrected chi connectivity index (χ3v) is 4.44. The average molecular weight is 488 g/mol. The van der Waals surface area contributed by atoms with Gasteiger partial charge in [0.15, 0.2) is 17.5 Å². The van der Waals surface area contributed by atoms with Crippen LogP contribution in [0.15, 0.2) is 23.2 Å². The second kappa shape index (κ2) is 11.2. The Labute approximate surface area is 177 Å². The van der Waals surface area contributed by atoms with Crippen LogP contribution in [-0.2, 0) is 4.79 Å². The van der Waals surface area contributed by atoms with E-state index in [9.17, 15) is 4.79 Å². The molecule has 3 rings (SSSR count). The van der Waals surface area contributed by atoms with Crippen molar-refractivity contribution in [2.75, 3.05) is 44.7 Å². The number of carbonyl (C=O) groups excluding carboxylic acids is 1.